The summed E-state index contributed by atoms with van der Waals surface area (Å²) < 4.78 is 6.40. The van der Waals surface area contributed by atoms with Crippen LogP contribution in [0, 0.1) is 0 Å². The molecule has 0 saturated heterocycles. The Morgan fingerprint density at radius 3 is 2.50 bits per heavy atom. The molecule has 4 aromatic rings. The zero-order valence-electron chi connectivity index (χ0n) is 19.3. The van der Waals surface area contributed by atoms with Crippen LogP contribution in [0.25, 0.3) is 10.8 Å². The van der Waals surface area contributed by atoms with Gasteiger partial charge in [0.2, 0.25) is 0 Å². The minimum absolute atomic E-state index is 0.196. The number of carbonyl (C=O) groups is 2. The van der Waals surface area contributed by atoms with Gasteiger partial charge in [0.15, 0.2) is 5.82 Å². The lowest BCUT2D eigenvalue weighted by Gasteiger charge is -2.25. The van der Waals surface area contributed by atoms with Gasteiger partial charge in [-0.2, -0.15) is 0 Å². The summed E-state index contributed by atoms with van der Waals surface area (Å²) in [4.78, 5) is 24.0. The standard InChI is InChI=1S/C25H23Cl2N5O4/c1-2-36-23(35)14-32-25(29-30-31-32)24(18-8-7-15-5-3-4-6-16(15)11-18)28-21(13-22(33)34)17-9-10-19(26)20(27)12-17/h3-12,21,24,28H,2,13-14H2,1H3,(H,33,34). The number of ether oxygens (including phenoxy) is 1. The van der Waals surface area contributed by atoms with Crippen molar-refractivity contribution in [2.45, 2.75) is 32.0 Å². The van der Waals surface area contributed by atoms with Gasteiger partial charge in [-0.15, -0.1) is 5.10 Å². The highest BCUT2D eigenvalue weighted by molar-refractivity contribution is 6.42. The van der Waals surface area contributed by atoms with E-state index in [4.69, 9.17) is 27.9 Å². The van der Waals surface area contributed by atoms with Crippen LogP contribution in [0.5, 0.6) is 0 Å². The number of aliphatic carboxylic acids is 1. The van der Waals surface area contributed by atoms with Crippen molar-refractivity contribution in [3.63, 3.8) is 0 Å². The molecule has 3 aromatic carbocycles. The molecule has 0 aliphatic heterocycles. The van der Waals surface area contributed by atoms with Crippen molar-refractivity contribution >= 4 is 45.9 Å². The molecule has 36 heavy (non-hydrogen) atoms. The number of carboxylic acids is 1. The monoisotopic (exact) mass is 527 g/mol. The third-order valence-electron chi connectivity index (χ3n) is 5.60. The van der Waals surface area contributed by atoms with E-state index in [1.807, 2.05) is 42.5 Å². The second-order valence-corrected chi connectivity index (χ2v) is 8.84. The van der Waals surface area contributed by atoms with Crippen molar-refractivity contribution in [1.82, 2.24) is 25.5 Å². The van der Waals surface area contributed by atoms with Gasteiger partial charge in [-0.3, -0.25) is 14.9 Å². The van der Waals surface area contributed by atoms with Crippen molar-refractivity contribution in [2.24, 2.45) is 0 Å². The molecule has 0 aliphatic carbocycles. The van der Waals surface area contributed by atoms with Gasteiger partial charge in [0, 0.05) is 6.04 Å². The number of aromatic nitrogens is 4. The molecule has 2 unspecified atom stereocenters. The molecule has 11 heteroatoms. The Hall–Kier alpha value is -3.53. The predicted octanol–water partition coefficient (Wildman–Crippen LogP) is 4.59. The fourth-order valence-electron chi connectivity index (χ4n) is 3.94. The molecule has 4 rings (SSSR count). The maximum Gasteiger partial charge on any atom is 0.327 e. The number of carbonyl (C=O) groups excluding carboxylic acids is 1. The van der Waals surface area contributed by atoms with Gasteiger partial charge in [0.05, 0.1) is 29.1 Å². The van der Waals surface area contributed by atoms with E-state index < -0.39 is 24.0 Å². The van der Waals surface area contributed by atoms with Gasteiger partial charge < -0.3 is 9.84 Å². The second-order valence-electron chi connectivity index (χ2n) is 8.03. The molecule has 1 heterocycles. The number of carboxylic acid groups (broad SMARTS) is 1. The first-order chi connectivity index (χ1) is 17.4. The van der Waals surface area contributed by atoms with E-state index >= 15 is 0 Å². The molecule has 186 valence electrons. The first-order valence-corrected chi connectivity index (χ1v) is 11.9. The Morgan fingerprint density at radius 2 is 1.78 bits per heavy atom. The number of nitrogens with zero attached hydrogens (tertiary/aromatic N) is 4. The number of hydrogen-bond acceptors (Lipinski definition) is 7. The number of esters is 1. The summed E-state index contributed by atoms with van der Waals surface area (Å²) in [6, 6.07) is 17.3. The number of hydrogen-bond donors (Lipinski definition) is 2. The van der Waals surface area contributed by atoms with Crippen LogP contribution < -0.4 is 5.32 Å². The maximum atomic E-state index is 12.2. The number of nitrogens with one attached hydrogen (secondary N) is 1. The normalized spacial score (nSPS) is 12.9. The van der Waals surface area contributed by atoms with E-state index in [0.29, 0.717) is 21.4 Å². The minimum atomic E-state index is -1.01. The molecule has 9 nitrogen and oxygen atoms in total. The number of tetrazole rings is 1. The SMILES string of the molecule is CCOC(=O)Cn1nnnc1C(NC(CC(=O)O)c1ccc(Cl)c(Cl)c1)c1ccc2ccccc2c1. The number of halogens is 2. The molecule has 2 N–H and O–H groups in total. The molecule has 0 amide bonds. The van der Waals surface area contributed by atoms with Crippen LogP contribution in [-0.4, -0.2) is 43.9 Å². The molecule has 0 bridgehead atoms. The van der Waals surface area contributed by atoms with Crippen molar-refractivity contribution in [1.29, 1.82) is 0 Å². The third-order valence-corrected chi connectivity index (χ3v) is 6.34. The molecular formula is C25H23Cl2N5O4. The summed E-state index contributed by atoms with van der Waals surface area (Å²) in [7, 11) is 0. The minimum Gasteiger partial charge on any atom is -0.481 e. The largest absolute Gasteiger partial charge is 0.481 e. The zero-order chi connectivity index (χ0) is 25.7. The average molecular weight is 528 g/mol. The first kappa shape index (κ1) is 25.6. The van der Waals surface area contributed by atoms with Gasteiger partial charge in [0.1, 0.15) is 6.54 Å². The smallest absolute Gasteiger partial charge is 0.327 e. The quantitative estimate of drug-likeness (QED) is 0.287. The van der Waals surface area contributed by atoms with E-state index in [-0.39, 0.29) is 19.6 Å². The Bertz CT molecular complexity index is 1390. The zero-order valence-corrected chi connectivity index (χ0v) is 20.8. The van der Waals surface area contributed by atoms with Gasteiger partial charge in [-0.05, 0) is 57.4 Å². The summed E-state index contributed by atoms with van der Waals surface area (Å²) in [5.41, 5.74) is 1.41. The third kappa shape index (κ3) is 5.99. The highest BCUT2D eigenvalue weighted by Gasteiger charge is 2.28. The van der Waals surface area contributed by atoms with E-state index in [1.54, 1.807) is 25.1 Å². The van der Waals surface area contributed by atoms with E-state index in [2.05, 4.69) is 20.8 Å². The van der Waals surface area contributed by atoms with E-state index in [1.165, 1.54) is 4.68 Å². The van der Waals surface area contributed by atoms with Crippen molar-refractivity contribution < 1.29 is 19.4 Å². The van der Waals surface area contributed by atoms with Crippen LogP contribution >= 0.6 is 23.2 Å². The maximum absolute atomic E-state index is 12.2. The molecule has 2 atom stereocenters. The average Bonchev–Trinajstić information content (AvgIpc) is 3.30. The molecule has 0 aliphatic rings. The number of fused-ring (bicyclic) bond motifs is 1. The van der Waals surface area contributed by atoms with Crippen molar-refractivity contribution in [3.05, 3.63) is 87.7 Å². The predicted molar refractivity (Wildman–Crippen MR) is 135 cm³/mol. The van der Waals surface area contributed by atoms with Crippen LogP contribution in [0.15, 0.2) is 60.7 Å². The summed E-state index contributed by atoms with van der Waals surface area (Å²) in [6.07, 6.45) is -0.249. The van der Waals surface area contributed by atoms with E-state index in [0.717, 1.165) is 16.3 Å². The number of benzene rings is 3. The van der Waals surface area contributed by atoms with Crippen LogP contribution in [0.4, 0.5) is 0 Å². The lowest BCUT2D eigenvalue weighted by atomic mass is 9.97. The van der Waals surface area contributed by atoms with Crippen LogP contribution in [0.3, 0.4) is 0 Å². The topological polar surface area (TPSA) is 119 Å². The highest BCUT2D eigenvalue weighted by Crippen LogP contribution is 2.31. The molecule has 0 radical (unpaired) electrons. The van der Waals surface area contributed by atoms with E-state index in [9.17, 15) is 14.7 Å². The lowest BCUT2D eigenvalue weighted by molar-refractivity contribution is -0.144. The fourth-order valence-corrected chi connectivity index (χ4v) is 4.25. The molecule has 0 spiro atoms. The van der Waals surface area contributed by atoms with Crippen molar-refractivity contribution in [3.8, 4) is 0 Å². The summed E-state index contributed by atoms with van der Waals surface area (Å²) in [5, 5.41) is 27.6. The van der Waals surface area contributed by atoms with Crippen LogP contribution in [0.1, 0.15) is 42.4 Å². The Labute approximate surface area is 217 Å². The van der Waals surface area contributed by atoms with Gasteiger partial charge in [0.25, 0.3) is 0 Å². The van der Waals surface area contributed by atoms with Gasteiger partial charge >= 0.3 is 11.9 Å². The molecular weight excluding hydrogens is 505 g/mol. The Balaban J connectivity index is 1.79. The summed E-state index contributed by atoms with van der Waals surface area (Å²) in [6.45, 7) is 1.74. The Morgan fingerprint density at radius 1 is 1.03 bits per heavy atom. The van der Waals surface area contributed by atoms with Crippen LogP contribution in [0.2, 0.25) is 10.0 Å². The molecule has 0 saturated carbocycles. The fraction of sp³-hybridized carbons (Fsp3) is 0.240. The van der Waals surface area contributed by atoms with Gasteiger partial charge in [-0.1, -0.05) is 65.7 Å². The molecule has 0 fully saturated rings. The summed E-state index contributed by atoms with van der Waals surface area (Å²) >= 11 is 12.3. The summed E-state index contributed by atoms with van der Waals surface area (Å²) in [5.74, 6) is -1.18. The van der Waals surface area contributed by atoms with Crippen molar-refractivity contribution in [2.75, 3.05) is 6.61 Å². The lowest BCUT2D eigenvalue weighted by Crippen LogP contribution is -2.32. The second kappa shape index (κ2) is 11.5. The molecule has 1 aromatic heterocycles. The Kier molecular flexibility index (Phi) is 8.14. The first-order valence-electron chi connectivity index (χ1n) is 11.2. The number of rotatable bonds is 10. The van der Waals surface area contributed by atoms with Gasteiger partial charge in [-0.25, -0.2) is 4.68 Å². The van der Waals surface area contributed by atoms with Crippen LogP contribution in [-0.2, 0) is 20.9 Å². The highest BCUT2D eigenvalue weighted by atomic mass is 35.5.